The van der Waals surface area contributed by atoms with Crippen LogP contribution < -0.4 is 5.48 Å². The molecule has 0 aliphatic heterocycles. The summed E-state index contributed by atoms with van der Waals surface area (Å²) >= 11 is 0. The summed E-state index contributed by atoms with van der Waals surface area (Å²) in [4.78, 5) is 26.2. The summed E-state index contributed by atoms with van der Waals surface area (Å²) in [6, 6.07) is 25.0. The van der Waals surface area contributed by atoms with Crippen LogP contribution in [0, 0.1) is 0 Å². The van der Waals surface area contributed by atoms with Gasteiger partial charge in [0.15, 0.2) is 0 Å². The van der Waals surface area contributed by atoms with E-state index in [0.717, 1.165) is 32.1 Å². The highest BCUT2D eigenvalue weighted by Crippen LogP contribution is 2.19. The van der Waals surface area contributed by atoms with Gasteiger partial charge in [-0.25, -0.2) is 5.48 Å². The van der Waals surface area contributed by atoms with Crippen LogP contribution in [0.25, 0.3) is 10.8 Å². The lowest BCUT2D eigenvalue weighted by Crippen LogP contribution is -2.34. The Hall–Kier alpha value is -3.18. The second kappa shape index (κ2) is 13.4. The second-order valence-electron chi connectivity index (χ2n) is 8.45. The molecule has 0 fully saturated rings. The van der Waals surface area contributed by atoms with Gasteiger partial charge in [0.25, 0.3) is 0 Å². The third kappa shape index (κ3) is 8.03. The number of aryl methyl sites for hydroxylation is 1. The zero-order chi connectivity index (χ0) is 23.3. The normalized spacial score (nSPS) is 10.8. The first-order chi connectivity index (χ1) is 16.2. The van der Waals surface area contributed by atoms with Gasteiger partial charge in [-0.15, -0.1) is 0 Å². The monoisotopic (exact) mass is 446 g/mol. The van der Waals surface area contributed by atoms with Crippen molar-refractivity contribution in [2.24, 2.45) is 0 Å². The van der Waals surface area contributed by atoms with E-state index in [4.69, 9.17) is 5.21 Å². The number of amides is 2. The minimum Gasteiger partial charge on any atom is -0.342 e. The maximum absolute atomic E-state index is 13.1. The third-order valence-electron chi connectivity index (χ3n) is 6.04. The standard InChI is InChI=1S/C28H34N2O3/c31-27(29-33)18-5-2-8-21-30(28(32)19-9-13-23-11-3-1-4-12-23)22-20-25-16-10-15-24-14-6-7-17-26(24)25/h1,3-4,6-7,10-12,14-17,33H,2,5,8-9,13,18-22H2,(H,29,31). The molecule has 0 aromatic heterocycles. The van der Waals surface area contributed by atoms with Gasteiger partial charge < -0.3 is 4.90 Å². The number of hydrogen-bond acceptors (Lipinski definition) is 3. The topological polar surface area (TPSA) is 69.6 Å². The van der Waals surface area contributed by atoms with Crippen molar-refractivity contribution in [3.63, 3.8) is 0 Å². The Morgan fingerprint density at radius 3 is 2.30 bits per heavy atom. The van der Waals surface area contributed by atoms with Crippen LogP contribution in [0.3, 0.4) is 0 Å². The molecular formula is C28H34N2O3. The van der Waals surface area contributed by atoms with E-state index < -0.39 is 0 Å². The quantitative estimate of drug-likeness (QED) is 0.213. The lowest BCUT2D eigenvalue weighted by atomic mass is 10.0. The van der Waals surface area contributed by atoms with E-state index in [1.807, 2.05) is 29.2 Å². The van der Waals surface area contributed by atoms with Gasteiger partial charge in [0, 0.05) is 25.9 Å². The summed E-state index contributed by atoms with van der Waals surface area (Å²) in [5.41, 5.74) is 4.19. The van der Waals surface area contributed by atoms with E-state index in [1.165, 1.54) is 21.9 Å². The van der Waals surface area contributed by atoms with Gasteiger partial charge in [-0.2, -0.15) is 0 Å². The van der Waals surface area contributed by atoms with Crippen LogP contribution in [0.1, 0.15) is 49.7 Å². The van der Waals surface area contributed by atoms with E-state index >= 15 is 0 Å². The number of hydrogen-bond donors (Lipinski definition) is 2. The number of fused-ring (bicyclic) bond motifs is 1. The molecule has 0 atom stereocenters. The van der Waals surface area contributed by atoms with Crippen LogP contribution in [0.15, 0.2) is 72.8 Å². The van der Waals surface area contributed by atoms with E-state index in [9.17, 15) is 9.59 Å². The molecule has 5 nitrogen and oxygen atoms in total. The van der Waals surface area contributed by atoms with Gasteiger partial charge >= 0.3 is 0 Å². The highest BCUT2D eigenvalue weighted by molar-refractivity contribution is 5.85. The average Bonchev–Trinajstić information content (AvgIpc) is 2.86. The molecule has 0 bridgehead atoms. The molecule has 0 heterocycles. The Kier molecular flexibility index (Phi) is 9.92. The van der Waals surface area contributed by atoms with Crippen LogP contribution in [0.5, 0.6) is 0 Å². The molecule has 3 aromatic carbocycles. The molecule has 0 unspecified atom stereocenters. The molecule has 2 N–H and O–H groups in total. The molecule has 5 heteroatoms. The van der Waals surface area contributed by atoms with Crippen molar-refractivity contribution in [1.82, 2.24) is 10.4 Å². The van der Waals surface area contributed by atoms with E-state index in [2.05, 4.69) is 48.5 Å². The molecule has 0 radical (unpaired) electrons. The minimum absolute atomic E-state index is 0.194. The van der Waals surface area contributed by atoms with Crippen molar-refractivity contribution in [2.45, 2.75) is 51.4 Å². The summed E-state index contributed by atoms with van der Waals surface area (Å²) in [5.74, 6) is -0.168. The molecule has 0 spiro atoms. The van der Waals surface area contributed by atoms with Gasteiger partial charge in [0.1, 0.15) is 0 Å². The van der Waals surface area contributed by atoms with Crippen LogP contribution in [0.4, 0.5) is 0 Å². The Labute approximate surface area is 196 Å². The van der Waals surface area contributed by atoms with Crippen LogP contribution >= 0.6 is 0 Å². The maximum Gasteiger partial charge on any atom is 0.243 e. The third-order valence-corrected chi connectivity index (χ3v) is 6.04. The van der Waals surface area contributed by atoms with Gasteiger partial charge in [-0.05, 0) is 54.0 Å². The summed E-state index contributed by atoms with van der Waals surface area (Å²) in [6.45, 7) is 1.38. The molecule has 33 heavy (non-hydrogen) atoms. The number of rotatable bonds is 13. The maximum atomic E-state index is 13.1. The molecular weight excluding hydrogens is 412 g/mol. The van der Waals surface area contributed by atoms with Gasteiger partial charge in [-0.3, -0.25) is 14.8 Å². The number of nitrogens with zero attached hydrogens (tertiary/aromatic N) is 1. The van der Waals surface area contributed by atoms with E-state index in [1.54, 1.807) is 5.48 Å². The number of benzene rings is 3. The lowest BCUT2D eigenvalue weighted by Gasteiger charge is -2.23. The minimum atomic E-state index is -0.361. The predicted molar refractivity (Wildman–Crippen MR) is 132 cm³/mol. The zero-order valence-corrected chi connectivity index (χ0v) is 19.2. The molecule has 3 rings (SSSR count). The number of carbonyl (C=O) groups excluding carboxylic acids is 2. The first kappa shape index (κ1) is 24.5. The first-order valence-corrected chi connectivity index (χ1v) is 11.9. The molecule has 0 saturated carbocycles. The Morgan fingerprint density at radius 2 is 1.48 bits per heavy atom. The summed E-state index contributed by atoms with van der Waals surface area (Å²) in [7, 11) is 0. The molecule has 3 aromatic rings. The lowest BCUT2D eigenvalue weighted by molar-refractivity contribution is -0.131. The average molecular weight is 447 g/mol. The van der Waals surface area contributed by atoms with Crippen LogP contribution in [-0.4, -0.2) is 35.0 Å². The molecule has 0 aliphatic rings. The van der Waals surface area contributed by atoms with Crippen molar-refractivity contribution in [2.75, 3.05) is 13.1 Å². The van der Waals surface area contributed by atoms with Gasteiger partial charge in [0.05, 0.1) is 0 Å². The van der Waals surface area contributed by atoms with Crippen molar-refractivity contribution < 1.29 is 14.8 Å². The second-order valence-corrected chi connectivity index (χ2v) is 8.45. The molecule has 0 saturated heterocycles. The number of unbranched alkanes of at least 4 members (excludes halogenated alkanes) is 2. The van der Waals surface area contributed by atoms with Gasteiger partial charge in [0.2, 0.25) is 11.8 Å². The largest absolute Gasteiger partial charge is 0.342 e. The summed E-state index contributed by atoms with van der Waals surface area (Å²) in [5, 5.41) is 11.1. The van der Waals surface area contributed by atoms with Crippen molar-refractivity contribution in [3.05, 3.63) is 83.9 Å². The number of carbonyl (C=O) groups is 2. The Morgan fingerprint density at radius 1 is 0.727 bits per heavy atom. The summed E-state index contributed by atoms with van der Waals surface area (Å²) in [6.07, 6.45) is 5.79. The van der Waals surface area contributed by atoms with E-state index in [-0.39, 0.29) is 11.8 Å². The fourth-order valence-electron chi connectivity index (χ4n) is 4.19. The smallest absolute Gasteiger partial charge is 0.243 e. The molecule has 174 valence electrons. The van der Waals surface area contributed by atoms with Crippen molar-refractivity contribution in [1.29, 1.82) is 0 Å². The Bertz CT molecular complexity index is 1010. The molecule has 0 aliphatic carbocycles. The highest BCUT2D eigenvalue weighted by atomic mass is 16.5. The van der Waals surface area contributed by atoms with Crippen LogP contribution in [-0.2, 0) is 22.4 Å². The first-order valence-electron chi connectivity index (χ1n) is 11.9. The van der Waals surface area contributed by atoms with Crippen molar-refractivity contribution in [3.8, 4) is 0 Å². The van der Waals surface area contributed by atoms with Gasteiger partial charge in [-0.1, -0.05) is 79.2 Å². The highest BCUT2D eigenvalue weighted by Gasteiger charge is 2.14. The fraction of sp³-hybridized carbons (Fsp3) is 0.357. The SMILES string of the molecule is O=C(CCCCCN(CCc1cccc2ccccc12)C(=O)CCCc1ccccc1)NO. The predicted octanol–water partition coefficient (Wildman–Crippen LogP) is 5.30. The zero-order valence-electron chi connectivity index (χ0n) is 19.2. The van der Waals surface area contributed by atoms with Crippen LogP contribution in [0.2, 0.25) is 0 Å². The fourth-order valence-corrected chi connectivity index (χ4v) is 4.19. The Balaban J connectivity index is 1.56. The summed E-state index contributed by atoms with van der Waals surface area (Å²) < 4.78 is 0. The molecule has 2 amide bonds. The number of nitrogens with one attached hydrogen (secondary N) is 1. The van der Waals surface area contributed by atoms with Crippen molar-refractivity contribution >= 4 is 22.6 Å². The number of hydroxylamine groups is 1. The van der Waals surface area contributed by atoms with E-state index in [0.29, 0.717) is 32.4 Å².